The second kappa shape index (κ2) is 3.06. The molecule has 0 aliphatic heterocycles. The number of aromatic hydroxyl groups is 1. The van der Waals surface area contributed by atoms with Crippen molar-refractivity contribution >= 4 is 0 Å². The Labute approximate surface area is 68.1 Å². The van der Waals surface area contributed by atoms with E-state index in [1.165, 1.54) is 6.92 Å². The first-order valence-corrected chi connectivity index (χ1v) is 3.38. The summed E-state index contributed by atoms with van der Waals surface area (Å²) in [7, 11) is 0. The smallest absolute Gasteiger partial charge is 0.187 e. The standard InChI is InChI=1S/C8H8F2O2/c1-4(11)5-2-6(9)8(12)7(10)3-5/h2-4,11-12H,1H3. The van der Waals surface area contributed by atoms with Crippen molar-refractivity contribution in [3.8, 4) is 5.75 Å². The van der Waals surface area contributed by atoms with Gasteiger partial charge in [0.2, 0.25) is 0 Å². The van der Waals surface area contributed by atoms with E-state index in [0.29, 0.717) is 0 Å². The zero-order valence-corrected chi connectivity index (χ0v) is 6.38. The van der Waals surface area contributed by atoms with Gasteiger partial charge < -0.3 is 10.2 Å². The molecule has 0 aliphatic carbocycles. The lowest BCUT2D eigenvalue weighted by Crippen LogP contribution is -1.94. The van der Waals surface area contributed by atoms with Gasteiger partial charge in [0.1, 0.15) is 0 Å². The van der Waals surface area contributed by atoms with Crippen molar-refractivity contribution in [1.82, 2.24) is 0 Å². The first-order chi connectivity index (χ1) is 5.52. The lowest BCUT2D eigenvalue weighted by Gasteiger charge is -2.05. The van der Waals surface area contributed by atoms with Crippen LogP contribution in [-0.4, -0.2) is 10.2 Å². The quantitative estimate of drug-likeness (QED) is 0.680. The average molecular weight is 174 g/mol. The lowest BCUT2D eigenvalue weighted by atomic mass is 10.1. The van der Waals surface area contributed by atoms with Gasteiger partial charge in [0.25, 0.3) is 0 Å². The third-order valence-electron chi connectivity index (χ3n) is 1.52. The summed E-state index contributed by atoms with van der Waals surface area (Å²) in [6.45, 7) is 1.38. The van der Waals surface area contributed by atoms with E-state index in [2.05, 4.69) is 0 Å². The molecule has 1 atom stereocenters. The summed E-state index contributed by atoms with van der Waals surface area (Å²) in [6.07, 6.45) is -0.949. The third kappa shape index (κ3) is 1.53. The molecule has 0 bridgehead atoms. The maximum absolute atomic E-state index is 12.6. The van der Waals surface area contributed by atoms with Crippen molar-refractivity contribution in [3.63, 3.8) is 0 Å². The number of aliphatic hydroxyl groups excluding tert-OH is 1. The number of phenolic OH excluding ortho intramolecular Hbond substituents is 1. The van der Waals surface area contributed by atoms with Crippen LogP contribution in [0.5, 0.6) is 5.75 Å². The van der Waals surface area contributed by atoms with Crippen molar-refractivity contribution in [3.05, 3.63) is 29.3 Å². The van der Waals surface area contributed by atoms with Crippen molar-refractivity contribution in [2.24, 2.45) is 0 Å². The first-order valence-electron chi connectivity index (χ1n) is 3.38. The highest BCUT2D eigenvalue weighted by Gasteiger charge is 2.11. The molecule has 0 heterocycles. The Morgan fingerprint density at radius 3 is 2.00 bits per heavy atom. The van der Waals surface area contributed by atoms with Crippen LogP contribution in [0.4, 0.5) is 8.78 Å². The number of phenols is 1. The van der Waals surface area contributed by atoms with Crippen LogP contribution in [0.15, 0.2) is 12.1 Å². The molecular weight excluding hydrogens is 166 g/mol. The van der Waals surface area contributed by atoms with Crippen LogP contribution in [0.25, 0.3) is 0 Å². The van der Waals surface area contributed by atoms with Crippen LogP contribution in [0.1, 0.15) is 18.6 Å². The molecule has 0 saturated carbocycles. The van der Waals surface area contributed by atoms with Crippen LogP contribution in [0, 0.1) is 11.6 Å². The Balaban J connectivity index is 3.21. The topological polar surface area (TPSA) is 40.5 Å². The largest absolute Gasteiger partial charge is 0.503 e. The minimum Gasteiger partial charge on any atom is -0.503 e. The molecule has 0 aliphatic rings. The maximum Gasteiger partial charge on any atom is 0.187 e. The van der Waals surface area contributed by atoms with E-state index in [1.807, 2.05) is 0 Å². The van der Waals surface area contributed by atoms with Crippen molar-refractivity contribution in [2.45, 2.75) is 13.0 Å². The highest BCUT2D eigenvalue weighted by atomic mass is 19.1. The molecule has 66 valence electrons. The Bertz CT molecular complexity index is 274. The van der Waals surface area contributed by atoms with Gasteiger partial charge in [-0.15, -0.1) is 0 Å². The van der Waals surface area contributed by atoms with Crippen LogP contribution in [0.3, 0.4) is 0 Å². The number of hydrogen-bond donors (Lipinski definition) is 2. The minimum absolute atomic E-state index is 0.0998. The molecular formula is C8H8F2O2. The molecule has 0 spiro atoms. The predicted molar refractivity (Wildman–Crippen MR) is 38.7 cm³/mol. The van der Waals surface area contributed by atoms with Gasteiger partial charge in [-0.1, -0.05) is 0 Å². The fourth-order valence-electron chi connectivity index (χ4n) is 0.826. The number of rotatable bonds is 1. The summed E-state index contributed by atoms with van der Waals surface area (Å²) < 4.78 is 25.2. The molecule has 1 unspecified atom stereocenters. The van der Waals surface area contributed by atoms with Gasteiger partial charge in [-0.25, -0.2) is 8.78 Å². The van der Waals surface area contributed by atoms with E-state index in [1.54, 1.807) is 0 Å². The molecule has 1 aromatic carbocycles. The molecule has 0 fully saturated rings. The number of aliphatic hydroxyl groups is 1. The summed E-state index contributed by atoms with van der Waals surface area (Å²) in [5.41, 5.74) is 0.0998. The zero-order chi connectivity index (χ0) is 9.30. The van der Waals surface area contributed by atoms with E-state index in [0.717, 1.165) is 12.1 Å². The maximum atomic E-state index is 12.6. The second-order valence-electron chi connectivity index (χ2n) is 2.51. The molecule has 2 N–H and O–H groups in total. The van der Waals surface area contributed by atoms with Crippen molar-refractivity contribution in [1.29, 1.82) is 0 Å². The normalized spacial score (nSPS) is 13.0. The summed E-state index contributed by atoms with van der Waals surface area (Å²) in [5, 5.41) is 17.6. The van der Waals surface area contributed by atoms with Crippen LogP contribution in [0.2, 0.25) is 0 Å². The molecule has 1 aromatic rings. The monoisotopic (exact) mass is 174 g/mol. The lowest BCUT2D eigenvalue weighted by molar-refractivity contribution is 0.198. The van der Waals surface area contributed by atoms with E-state index < -0.39 is 23.5 Å². The van der Waals surface area contributed by atoms with E-state index >= 15 is 0 Å². The van der Waals surface area contributed by atoms with Gasteiger partial charge in [0, 0.05) is 0 Å². The molecule has 0 radical (unpaired) electrons. The van der Waals surface area contributed by atoms with Crippen LogP contribution >= 0.6 is 0 Å². The molecule has 2 nitrogen and oxygen atoms in total. The van der Waals surface area contributed by atoms with Crippen LogP contribution in [-0.2, 0) is 0 Å². The van der Waals surface area contributed by atoms with E-state index in [9.17, 15) is 8.78 Å². The molecule has 0 aromatic heterocycles. The first kappa shape index (κ1) is 8.93. The van der Waals surface area contributed by atoms with Crippen molar-refractivity contribution in [2.75, 3.05) is 0 Å². The van der Waals surface area contributed by atoms with Gasteiger partial charge >= 0.3 is 0 Å². The molecule has 4 heteroatoms. The summed E-state index contributed by atoms with van der Waals surface area (Å²) in [4.78, 5) is 0. The Morgan fingerprint density at radius 2 is 1.67 bits per heavy atom. The molecule has 0 amide bonds. The Kier molecular flexibility index (Phi) is 2.28. The number of benzene rings is 1. The fourth-order valence-corrected chi connectivity index (χ4v) is 0.826. The highest BCUT2D eigenvalue weighted by Crippen LogP contribution is 2.24. The zero-order valence-electron chi connectivity index (χ0n) is 6.38. The SMILES string of the molecule is CC(O)c1cc(F)c(O)c(F)c1. The summed E-state index contributed by atoms with van der Waals surface area (Å²) >= 11 is 0. The van der Waals surface area contributed by atoms with Gasteiger partial charge in [-0.3, -0.25) is 0 Å². The van der Waals surface area contributed by atoms with E-state index in [-0.39, 0.29) is 5.56 Å². The minimum atomic E-state index is -1.06. The fraction of sp³-hybridized carbons (Fsp3) is 0.250. The van der Waals surface area contributed by atoms with Gasteiger partial charge in [-0.2, -0.15) is 0 Å². The second-order valence-corrected chi connectivity index (χ2v) is 2.51. The average Bonchev–Trinajstić information content (AvgIpc) is 1.99. The molecule has 1 rings (SSSR count). The van der Waals surface area contributed by atoms with Gasteiger partial charge in [0.05, 0.1) is 6.10 Å². The molecule has 0 saturated heterocycles. The Morgan fingerprint density at radius 1 is 1.25 bits per heavy atom. The number of halogens is 2. The van der Waals surface area contributed by atoms with Gasteiger partial charge in [0.15, 0.2) is 17.4 Å². The van der Waals surface area contributed by atoms with Crippen LogP contribution < -0.4 is 0 Å². The van der Waals surface area contributed by atoms with Gasteiger partial charge in [-0.05, 0) is 24.6 Å². The van der Waals surface area contributed by atoms with E-state index in [4.69, 9.17) is 10.2 Å². The summed E-state index contributed by atoms with van der Waals surface area (Å²) in [5.74, 6) is -3.14. The third-order valence-corrected chi connectivity index (χ3v) is 1.52. The Hall–Kier alpha value is -1.16. The van der Waals surface area contributed by atoms with Crippen molar-refractivity contribution < 1.29 is 19.0 Å². The molecule has 12 heavy (non-hydrogen) atoms. The predicted octanol–water partition coefficient (Wildman–Crippen LogP) is 1.72. The number of hydrogen-bond acceptors (Lipinski definition) is 2. The summed E-state index contributed by atoms with van der Waals surface area (Å²) in [6, 6.07) is 1.78. The highest BCUT2D eigenvalue weighted by molar-refractivity contribution is 5.30.